The molecule has 6 heteroatoms. The van der Waals surface area contributed by atoms with E-state index in [-0.39, 0.29) is 22.9 Å². The summed E-state index contributed by atoms with van der Waals surface area (Å²) in [6.45, 7) is 10.7. The van der Waals surface area contributed by atoms with Crippen LogP contribution >= 0.6 is 0 Å². The van der Waals surface area contributed by atoms with E-state index < -0.39 is 12.1 Å². The topological polar surface area (TPSA) is 94.6 Å². The van der Waals surface area contributed by atoms with E-state index in [0.29, 0.717) is 29.6 Å². The smallest absolute Gasteiger partial charge is 0.354 e. The van der Waals surface area contributed by atoms with Crippen LogP contribution in [0.1, 0.15) is 56.8 Å². The summed E-state index contributed by atoms with van der Waals surface area (Å²) in [4.78, 5) is 15.1. The van der Waals surface area contributed by atoms with E-state index in [4.69, 9.17) is 4.74 Å². The summed E-state index contributed by atoms with van der Waals surface area (Å²) >= 11 is 0. The predicted molar refractivity (Wildman–Crippen MR) is 97.8 cm³/mol. The lowest BCUT2D eigenvalue weighted by atomic mass is 10.0. The minimum atomic E-state index is -0.766. The third-order valence-electron chi connectivity index (χ3n) is 3.76. The van der Waals surface area contributed by atoms with Gasteiger partial charge < -0.3 is 25.3 Å². The zero-order valence-electron chi connectivity index (χ0n) is 15.5. The normalized spacial score (nSPS) is 13.4. The quantitative estimate of drug-likeness (QED) is 0.602. The fraction of sp³-hybridized carbons (Fsp3) is 0.526. The number of aromatic amines is 1. The van der Waals surface area contributed by atoms with Gasteiger partial charge in [0.25, 0.3) is 0 Å². The number of aliphatic hydroxyl groups excluding tert-OH is 1. The number of rotatable bonds is 6. The number of esters is 1. The molecule has 1 unspecified atom stereocenters. The van der Waals surface area contributed by atoms with Crippen LogP contribution in [0.4, 0.5) is 0 Å². The number of nitrogens with one attached hydrogen (secondary N) is 2. The van der Waals surface area contributed by atoms with Crippen LogP contribution in [0, 0.1) is 5.92 Å². The molecule has 0 aliphatic rings. The molecule has 0 saturated carbocycles. The maximum atomic E-state index is 12.2. The number of H-pyrrole nitrogens is 1. The Morgan fingerprint density at radius 2 is 2.00 bits per heavy atom. The molecule has 0 saturated heterocycles. The molecule has 25 heavy (non-hydrogen) atoms. The van der Waals surface area contributed by atoms with Crippen LogP contribution < -0.4 is 5.32 Å². The molecule has 0 spiro atoms. The van der Waals surface area contributed by atoms with Crippen molar-refractivity contribution in [3.05, 3.63) is 29.5 Å². The lowest BCUT2D eigenvalue weighted by molar-refractivity contribution is 0.0453. The number of aromatic nitrogens is 1. The number of hydrogen-bond acceptors (Lipinski definition) is 5. The molecule has 0 amide bonds. The molecular weight excluding hydrogens is 320 g/mol. The standard InChI is InChI=1S/C19H28N2O4/c1-11(2)10-25-18(24)14-8-13-12(6-7-15(22)17(13)21-14)16(23)9-20-19(3,4)5/h6-8,11,16,20-23H,9-10H2,1-5H3. The SMILES string of the molecule is CC(C)COC(=O)c1cc2c(C(O)CNC(C)(C)C)ccc(O)c2[nH]1. The minimum Gasteiger partial charge on any atom is -0.506 e. The number of phenols is 1. The molecule has 1 atom stereocenters. The summed E-state index contributed by atoms with van der Waals surface area (Å²) < 4.78 is 5.22. The van der Waals surface area contributed by atoms with E-state index >= 15 is 0 Å². The first-order chi connectivity index (χ1) is 11.6. The van der Waals surface area contributed by atoms with Crippen LogP contribution in [0.15, 0.2) is 18.2 Å². The maximum absolute atomic E-state index is 12.2. The second-order valence-electron chi connectivity index (χ2n) is 7.78. The Balaban J connectivity index is 2.30. The Kier molecular flexibility index (Phi) is 5.75. The van der Waals surface area contributed by atoms with E-state index in [9.17, 15) is 15.0 Å². The molecule has 1 aromatic carbocycles. The van der Waals surface area contributed by atoms with Crippen molar-refractivity contribution in [2.75, 3.05) is 13.2 Å². The highest BCUT2D eigenvalue weighted by Gasteiger charge is 2.20. The van der Waals surface area contributed by atoms with Crippen LogP contribution in [0.25, 0.3) is 10.9 Å². The lowest BCUT2D eigenvalue weighted by Crippen LogP contribution is -2.38. The van der Waals surface area contributed by atoms with Crippen LogP contribution in [0.2, 0.25) is 0 Å². The molecule has 1 aromatic heterocycles. The van der Waals surface area contributed by atoms with Gasteiger partial charge in [-0.3, -0.25) is 0 Å². The molecule has 0 aliphatic heterocycles. The van der Waals surface area contributed by atoms with Gasteiger partial charge in [-0.05, 0) is 44.4 Å². The molecule has 4 N–H and O–H groups in total. The molecule has 6 nitrogen and oxygen atoms in total. The third-order valence-corrected chi connectivity index (χ3v) is 3.76. The molecule has 0 bridgehead atoms. The molecule has 0 aliphatic carbocycles. The number of fused-ring (bicyclic) bond motifs is 1. The Morgan fingerprint density at radius 3 is 2.60 bits per heavy atom. The fourth-order valence-corrected chi connectivity index (χ4v) is 2.46. The van der Waals surface area contributed by atoms with E-state index in [1.54, 1.807) is 12.1 Å². The number of aliphatic hydroxyl groups is 1. The van der Waals surface area contributed by atoms with Gasteiger partial charge in [0.2, 0.25) is 0 Å². The second kappa shape index (κ2) is 7.45. The molecule has 0 radical (unpaired) electrons. The molecule has 0 fully saturated rings. The summed E-state index contributed by atoms with van der Waals surface area (Å²) in [6.07, 6.45) is -0.766. The van der Waals surface area contributed by atoms with Gasteiger partial charge in [-0.1, -0.05) is 19.9 Å². The largest absolute Gasteiger partial charge is 0.506 e. The average Bonchev–Trinajstić information content (AvgIpc) is 2.96. The van der Waals surface area contributed by atoms with Crippen LogP contribution in [-0.2, 0) is 4.74 Å². The number of carbonyl (C=O) groups is 1. The number of benzene rings is 1. The van der Waals surface area contributed by atoms with Crippen molar-refractivity contribution in [1.29, 1.82) is 0 Å². The maximum Gasteiger partial charge on any atom is 0.354 e. The monoisotopic (exact) mass is 348 g/mol. The number of β-amino-alcohol motifs (C(OH)–C–C–N with tert-alkyl or cyclic N) is 1. The molecule has 2 rings (SSSR count). The molecule has 1 heterocycles. The van der Waals surface area contributed by atoms with Crippen molar-refractivity contribution < 1.29 is 19.7 Å². The van der Waals surface area contributed by atoms with Crippen LogP contribution in [0.3, 0.4) is 0 Å². The van der Waals surface area contributed by atoms with Crippen molar-refractivity contribution in [3.8, 4) is 5.75 Å². The molecule has 2 aromatic rings. The van der Waals surface area contributed by atoms with Crippen molar-refractivity contribution in [3.63, 3.8) is 0 Å². The highest BCUT2D eigenvalue weighted by molar-refractivity contribution is 5.98. The van der Waals surface area contributed by atoms with E-state index in [1.807, 2.05) is 34.6 Å². The lowest BCUT2D eigenvalue weighted by Gasteiger charge is -2.23. The second-order valence-corrected chi connectivity index (χ2v) is 7.78. The highest BCUT2D eigenvalue weighted by Crippen LogP contribution is 2.31. The van der Waals surface area contributed by atoms with Crippen LogP contribution in [-0.4, -0.2) is 39.9 Å². The summed E-state index contributed by atoms with van der Waals surface area (Å²) in [6, 6.07) is 4.80. The van der Waals surface area contributed by atoms with E-state index in [2.05, 4.69) is 10.3 Å². The van der Waals surface area contributed by atoms with E-state index in [0.717, 1.165) is 0 Å². The molecular formula is C19H28N2O4. The number of hydrogen-bond donors (Lipinski definition) is 4. The van der Waals surface area contributed by atoms with Crippen molar-refractivity contribution in [1.82, 2.24) is 10.3 Å². The van der Waals surface area contributed by atoms with E-state index in [1.165, 1.54) is 6.07 Å². The zero-order chi connectivity index (χ0) is 18.8. The third kappa shape index (κ3) is 4.96. The molecule has 138 valence electrons. The van der Waals surface area contributed by atoms with Gasteiger partial charge >= 0.3 is 5.97 Å². The van der Waals surface area contributed by atoms with Gasteiger partial charge in [-0.25, -0.2) is 4.79 Å². The first-order valence-corrected chi connectivity index (χ1v) is 8.53. The first kappa shape index (κ1) is 19.3. The summed E-state index contributed by atoms with van der Waals surface area (Å²) in [5, 5.41) is 24.5. The Labute approximate surface area is 148 Å². The minimum absolute atomic E-state index is 0.0256. The fourth-order valence-electron chi connectivity index (χ4n) is 2.46. The summed E-state index contributed by atoms with van der Waals surface area (Å²) in [5.41, 5.74) is 1.20. The summed E-state index contributed by atoms with van der Waals surface area (Å²) in [7, 11) is 0. The average molecular weight is 348 g/mol. The van der Waals surface area contributed by atoms with Gasteiger partial charge in [0.1, 0.15) is 11.4 Å². The van der Waals surface area contributed by atoms with Crippen molar-refractivity contribution >= 4 is 16.9 Å². The highest BCUT2D eigenvalue weighted by atomic mass is 16.5. The van der Waals surface area contributed by atoms with Gasteiger partial charge in [-0.2, -0.15) is 0 Å². The predicted octanol–water partition coefficient (Wildman–Crippen LogP) is 3.11. The van der Waals surface area contributed by atoms with Crippen molar-refractivity contribution in [2.24, 2.45) is 5.92 Å². The zero-order valence-corrected chi connectivity index (χ0v) is 15.5. The van der Waals surface area contributed by atoms with Gasteiger partial charge in [0.05, 0.1) is 18.2 Å². The van der Waals surface area contributed by atoms with Gasteiger partial charge in [0, 0.05) is 17.5 Å². The van der Waals surface area contributed by atoms with Gasteiger partial charge in [-0.15, -0.1) is 0 Å². The number of carbonyl (C=O) groups excluding carboxylic acids is 1. The Bertz CT molecular complexity index is 744. The number of phenolic OH excluding ortho intramolecular Hbond substituents is 1. The van der Waals surface area contributed by atoms with Crippen LogP contribution in [0.5, 0.6) is 5.75 Å². The first-order valence-electron chi connectivity index (χ1n) is 8.53. The van der Waals surface area contributed by atoms with Crippen molar-refractivity contribution in [2.45, 2.75) is 46.3 Å². The van der Waals surface area contributed by atoms with Gasteiger partial charge in [0.15, 0.2) is 0 Å². The number of ether oxygens (including phenoxy) is 1. The summed E-state index contributed by atoms with van der Waals surface area (Å²) in [5.74, 6) is -0.210. The number of aromatic hydroxyl groups is 1. The Morgan fingerprint density at radius 1 is 1.32 bits per heavy atom. The Hall–Kier alpha value is -2.05.